The SMILES string of the molecule is CC(C)(C)OC(=O)N1CC(CC(=O)N2CCOCC2)C1. The van der Waals surface area contributed by atoms with E-state index in [1.807, 2.05) is 25.7 Å². The molecule has 2 heterocycles. The largest absolute Gasteiger partial charge is 0.444 e. The number of nitrogens with zero attached hydrogens (tertiary/aromatic N) is 2. The monoisotopic (exact) mass is 284 g/mol. The van der Waals surface area contributed by atoms with E-state index in [1.54, 1.807) is 4.90 Å². The van der Waals surface area contributed by atoms with Gasteiger partial charge in [-0.1, -0.05) is 0 Å². The molecule has 114 valence electrons. The number of amides is 2. The second-order valence-electron chi connectivity index (χ2n) is 6.45. The van der Waals surface area contributed by atoms with Crippen molar-refractivity contribution in [2.45, 2.75) is 32.8 Å². The summed E-state index contributed by atoms with van der Waals surface area (Å²) < 4.78 is 10.5. The van der Waals surface area contributed by atoms with Crippen LogP contribution in [0, 0.1) is 5.92 Å². The minimum atomic E-state index is -0.466. The second kappa shape index (κ2) is 5.99. The molecule has 0 radical (unpaired) electrons. The van der Waals surface area contributed by atoms with Gasteiger partial charge in [-0.3, -0.25) is 4.79 Å². The van der Waals surface area contributed by atoms with Crippen molar-refractivity contribution in [3.8, 4) is 0 Å². The lowest BCUT2D eigenvalue weighted by atomic mass is 9.96. The second-order valence-corrected chi connectivity index (χ2v) is 6.45. The quantitative estimate of drug-likeness (QED) is 0.762. The van der Waals surface area contributed by atoms with E-state index in [9.17, 15) is 9.59 Å². The Kier molecular flexibility index (Phi) is 4.52. The van der Waals surface area contributed by atoms with Gasteiger partial charge in [-0.2, -0.15) is 0 Å². The van der Waals surface area contributed by atoms with Crippen molar-refractivity contribution >= 4 is 12.0 Å². The van der Waals surface area contributed by atoms with Crippen LogP contribution in [0.25, 0.3) is 0 Å². The molecule has 0 saturated carbocycles. The van der Waals surface area contributed by atoms with E-state index in [0.29, 0.717) is 45.8 Å². The highest BCUT2D eigenvalue weighted by molar-refractivity contribution is 5.77. The molecular formula is C14H24N2O4. The van der Waals surface area contributed by atoms with Gasteiger partial charge in [0.2, 0.25) is 5.91 Å². The van der Waals surface area contributed by atoms with E-state index in [0.717, 1.165) is 0 Å². The Morgan fingerprint density at radius 2 is 1.75 bits per heavy atom. The Morgan fingerprint density at radius 1 is 1.15 bits per heavy atom. The van der Waals surface area contributed by atoms with Crippen LogP contribution < -0.4 is 0 Å². The van der Waals surface area contributed by atoms with Crippen molar-refractivity contribution in [2.24, 2.45) is 5.92 Å². The Balaban J connectivity index is 1.68. The average Bonchev–Trinajstić information content (AvgIpc) is 2.31. The fraction of sp³-hybridized carbons (Fsp3) is 0.857. The lowest BCUT2D eigenvalue weighted by molar-refractivity contribution is -0.137. The summed E-state index contributed by atoms with van der Waals surface area (Å²) in [5, 5.41) is 0. The first-order chi connectivity index (χ1) is 9.35. The van der Waals surface area contributed by atoms with Crippen LogP contribution in [-0.4, -0.2) is 66.8 Å². The summed E-state index contributed by atoms with van der Waals surface area (Å²) in [5.41, 5.74) is -0.466. The van der Waals surface area contributed by atoms with Crippen LogP contribution in [0.1, 0.15) is 27.2 Å². The molecular weight excluding hydrogens is 260 g/mol. The standard InChI is InChI=1S/C14H24N2O4/c1-14(2,3)20-13(18)16-9-11(10-16)8-12(17)15-4-6-19-7-5-15/h11H,4-10H2,1-3H3. The first kappa shape index (κ1) is 15.1. The van der Waals surface area contributed by atoms with E-state index in [4.69, 9.17) is 9.47 Å². The summed E-state index contributed by atoms with van der Waals surface area (Å²) in [4.78, 5) is 27.3. The summed E-state index contributed by atoms with van der Waals surface area (Å²) >= 11 is 0. The first-order valence-corrected chi connectivity index (χ1v) is 7.18. The smallest absolute Gasteiger partial charge is 0.410 e. The van der Waals surface area contributed by atoms with E-state index in [1.165, 1.54) is 0 Å². The molecule has 0 atom stereocenters. The summed E-state index contributed by atoms with van der Waals surface area (Å²) in [5.74, 6) is 0.431. The first-order valence-electron chi connectivity index (χ1n) is 7.18. The van der Waals surface area contributed by atoms with Crippen molar-refractivity contribution in [3.63, 3.8) is 0 Å². The highest BCUT2D eigenvalue weighted by Gasteiger charge is 2.35. The van der Waals surface area contributed by atoms with Crippen LogP contribution >= 0.6 is 0 Å². The van der Waals surface area contributed by atoms with Crippen molar-refractivity contribution in [3.05, 3.63) is 0 Å². The van der Waals surface area contributed by atoms with Gasteiger partial charge in [0.05, 0.1) is 13.2 Å². The Labute approximate surface area is 120 Å². The predicted octanol–water partition coefficient (Wildman–Crippen LogP) is 1.10. The molecule has 2 amide bonds. The fourth-order valence-corrected chi connectivity index (χ4v) is 2.36. The molecule has 0 aliphatic carbocycles. The highest BCUT2D eigenvalue weighted by Crippen LogP contribution is 2.22. The molecule has 0 aromatic rings. The third-order valence-corrected chi connectivity index (χ3v) is 3.44. The van der Waals surface area contributed by atoms with E-state index < -0.39 is 5.60 Å². The number of morpholine rings is 1. The molecule has 2 saturated heterocycles. The molecule has 0 aromatic carbocycles. The number of carbonyl (C=O) groups is 2. The van der Waals surface area contributed by atoms with E-state index in [2.05, 4.69) is 0 Å². The van der Waals surface area contributed by atoms with Gasteiger partial charge >= 0.3 is 6.09 Å². The van der Waals surface area contributed by atoms with Gasteiger partial charge in [0.1, 0.15) is 5.60 Å². The van der Waals surface area contributed by atoms with Crippen LogP contribution in [0.15, 0.2) is 0 Å². The number of carbonyl (C=O) groups excluding carboxylic acids is 2. The number of ether oxygens (including phenoxy) is 2. The minimum absolute atomic E-state index is 0.169. The van der Waals surface area contributed by atoms with Crippen molar-refractivity contribution in [1.29, 1.82) is 0 Å². The van der Waals surface area contributed by atoms with Gasteiger partial charge in [0, 0.05) is 38.5 Å². The number of hydrogen-bond acceptors (Lipinski definition) is 4. The normalized spacial score (nSPS) is 20.6. The lowest BCUT2D eigenvalue weighted by Crippen LogP contribution is -2.53. The summed E-state index contributed by atoms with van der Waals surface area (Å²) in [6.07, 6.45) is 0.229. The molecule has 2 fully saturated rings. The van der Waals surface area contributed by atoms with E-state index in [-0.39, 0.29) is 17.9 Å². The highest BCUT2D eigenvalue weighted by atomic mass is 16.6. The lowest BCUT2D eigenvalue weighted by Gasteiger charge is -2.40. The molecule has 0 spiro atoms. The molecule has 0 bridgehead atoms. The van der Waals surface area contributed by atoms with Gasteiger partial charge in [0.25, 0.3) is 0 Å². The number of likely N-dealkylation sites (tertiary alicyclic amines) is 1. The third-order valence-electron chi connectivity index (χ3n) is 3.44. The van der Waals surface area contributed by atoms with Gasteiger partial charge in [-0.25, -0.2) is 4.79 Å². The summed E-state index contributed by atoms with van der Waals surface area (Å²) in [6, 6.07) is 0. The molecule has 6 heteroatoms. The van der Waals surface area contributed by atoms with Crippen molar-refractivity contribution in [1.82, 2.24) is 9.80 Å². The van der Waals surface area contributed by atoms with Crippen LogP contribution in [0.3, 0.4) is 0 Å². The summed E-state index contributed by atoms with van der Waals surface area (Å²) in [7, 11) is 0. The molecule has 2 aliphatic rings. The van der Waals surface area contributed by atoms with Gasteiger partial charge in [-0.05, 0) is 20.8 Å². The van der Waals surface area contributed by atoms with Gasteiger partial charge < -0.3 is 19.3 Å². The summed E-state index contributed by atoms with van der Waals surface area (Å²) in [6.45, 7) is 9.40. The Morgan fingerprint density at radius 3 is 2.30 bits per heavy atom. The Hall–Kier alpha value is -1.30. The maximum Gasteiger partial charge on any atom is 0.410 e. The average molecular weight is 284 g/mol. The maximum absolute atomic E-state index is 12.0. The molecule has 2 rings (SSSR count). The minimum Gasteiger partial charge on any atom is -0.444 e. The van der Waals surface area contributed by atoms with Gasteiger partial charge in [-0.15, -0.1) is 0 Å². The Bertz CT molecular complexity index is 366. The van der Waals surface area contributed by atoms with E-state index >= 15 is 0 Å². The molecule has 0 unspecified atom stereocenters. The molecule has 6 nitrogen and oxygen atoms in total. The predicted molar refractivity (Wildman–Crippen MR) is 73.3 cm³/mol. The van der Waals surface area contributed by atoms with Crippen LogP contribution in [0.5, 0.6) is 0 Å². The van der Waals surface area contributed by atoms with Crippen LogP contribution in [0.4, 0.5) is 4.79 Å². The number of rotatable bonds is 2. The molecule has 0 N–H and O–H groups in total. The van der Waals surface area contributed by atoms with Crippen molar-refractivity contribution in [2.75, 3.05) is 39.4 Å². The van der Waals surface area contributed by atoms with Gasteiger partial charge in [0.15, 0.2) is 0 Å². The zero-order chi connectivity index (χ0) is 14.8. The van der Waals surface area contributed by atoms with Crippen LogP contribution in [0.2, 0.25) is 0 Å². The van der Waals surface area contributed by atoms with Crippen molar-refractivity contribution < 1.29 is 19.1 Å². The zero-order valence-corrected chi connectivity index (χ0v) is 12.6. The fourth-order valence-electron chi connectivity index (χ4n) is 2.36. The molecule has 0 aromatic heterocycles. The number of hydrogen-bond donors (Lipinski definition) is 0. The molecule has 20 heavy (non-hydrogen) atoms. The molecule has 2 aliphatic heterocycles. The van der Waals surface area contributed by atoms with Crippen LogP contribution in [-0.2, 0) is 14.3 Å². The topological polar surface area (TPSA) is 59.1 Å². The zero-order valence-electron chi connectivity index (χ0n) is 12.6. The maximum atomic E-state index is 12.0. The third kappa shape index (κ3) is 4.10.